The van der Waals surface area contributed by atoms with Gasteiger partial charge in [-0.2, -0.15) is 5.10 Å². The highest BCUT2D eigenvalue weighted by Gasteiger charge is 2.38. The molecule has 0 radical (unpaired) electrons. The average molecular weight is 594 g/mol. The molecule has 9 heteroatoms. The maximum absolute atomic E-state index is 6.54. The summed E-state index contributed by atoms with van der Waals surface area (Å²) in [6.45, 7) is 19.0. The van der Waals surface area contributed by atoms with Gasteiger partial charge < -0.3 is 18.6 Å². The highest BCUT2D eigenvalue weighted by atomic mass is 79.9. The highest BCUT2D eigenvalue weighted by molar-refractivity contribution is 9.10. The fourth-order valence-electron chi connectivity index (χ4n) is 3.18. The molecule has 0 amide bonds. The van der Waals surface area contributed by atoms with Crippen molar-refractivity contribution in [1.29, 1.82) is 0 Å². The van der Waals surface area contributed by atoms with Gasteiger partial charge >= 0.3 is 0 Å². The second kappa shape index (κ2) is 11.8. The Hall–Kier alpha value is -0.453. The van der Waals surface area contributed by atoms with Gasteiger partial charge in [0.05, 0.1) is 28.8 Å². The smallest absolute Gasteiger partial charge is 0.192 e. The minimum Gasteiger partial charge on any atom is -0.490 e. The van der Waals surface area contributed by atoms with Gasteiger partial charge in [0.15, 0.2) is 14.6 Å². The van der Waals surface area contributed by atoms with Gasteiger partial charge in [-0.05, 0) is 67.0 Å². The van der Waals surface area contributed by atoms with Gasteiger partial charge in [-0.1, -0.05) is 36.7 Å². The van der Waals surface area contributed by atoms with Crippen molar-refractivity contribution in [3.05, 3.63) is 22.8 Å². The Morgan fingerprint density at radius 1 is 1.19 bits per heavy atom. The molecule has 1 aromatic carbocycles. The van der Waals surface area contributed by atoms with E-state index in [4.69, 9.17) is 18.6 Å². The first-order valence-electron chi connectivity index (χ1n) is 11.2. The quantitative estimate of drug-likeness (QED) is 0.155. The zero-order chi connectivity index (χ0) is 24.1. The van der Waals surface area contributed by atoms with Crippen LogP contribution in [0.1, 0.15) is 41.5 Å². The van der Waals surface area contributed by atoms with Crippen molar-refractivity contribution in [2.24, 2.45) is 0 Å². The Labute approximate surface area is 210 Å². The summed E-state index contributed by atoms with van der Waals surface area (Å²) < 4.78 is 26.9. The monoisotopic (exact) mass is 592 g/mol. The van der Waals surface area contributed by atoms with Crippen molar-refractivity contribution in [2.45, 2.75) is 84.7 Å². The Morgan fingerprint density at radius 3 is 2.47 bits per heavy atom. The molecule has 0 fully saturated rings. The minimum atomic E-state index is -1.85. The van der Waals surface area contributed by atoms with Crippen molar-refractivity contribution >= 4 is 51.1 Å². The van der Waals surface area contributed by atoms with E-state index in [0.29, 0.717) is 25.1 Å². The molecule has 0 aliphatic carbocycles. The van der Waals surface area contributed by atoms with Gasteiger partial charge in [0.2, 0.25) is 0 Å². The topological polar surface area (TPSA) is 54.7 Å². The Kier molecular flexibility index (Phi) is 10.2. The fourth-order valence-corrected chi connectivity index (χ4v) is 5.63. The lowest BCUT2D eigenvalue weighted by Gasteiger charge is -2.38. The Morgan fingerprint density at radius 2 is 1.88 bits per heavy atom. The number of halogens is 2. The van der Waals surface area contributed by atoms with E-state index in [1.807, 2.05) is 36.9 Å². The third-order valence-corrected chi connectivity index (χ3v) is 11.9. The molecule has 2 unspecified atom stereocenters. The van der Waals surface area contributed by atoms with Crippen LogP contribution in [0, 0.1) is 0 Å². The van der Waals surface area contributed by atoms with Gasteiger partial charge in [-0.15, -0.1) is 0 Å². The number of rotatable bonds is 12. The fraction of sp³-hybridized carbons (Fsp3) is 0.696. The first-order valence-corrected chi connectivity index (χ1v) is 16.0. The first-order chi connectivity index (χ1) is 14.9. The summed E-state index contributed by atoms with van der Waals surface area (Å²) in [5.74, 6) is 0.760. The van der Waals surface area contributed by atoms with E-state index in [0.717, 1.165) is 21.1 Å². The summed E-state index contributed by atoms with van der Waals surface area (Å²) in [5.41, 5.74) is 1.01. The van der Waals surface area contributed by atoms with E-state index in [2.05, 4.69) is 77.7 Å². The predicted molar refractivity (Wildman–Crippen MR) is 140 cm³/mol. The summed E-state index contributed by atoms with van der Waals surface area (Å²) in [7, 11) is -1.85. The predicted octanol–water partition coefficient (Wildman–Crippen LogP) is 6.75. The second-order valence-electron chi connectivity index (χ2n) is 9.58. The summed E-state index contributed by atoms with van der Waals surface area (Å²) in [6, 6.07) is 4.00. The lowest BCUT2D eigenvalue weighted by molar-refractivity contribution is -0.157. The molecule has 2 rings (SSSR count). The van der Waals surface area contributed by atoms with E-state index in [1.165, 1.54) is 0 Å². The van der Waals surface area contributed by atoms with Crippen LogP contribution in [0.3, 0.4) is 0 Å². The molecule has 0 N–H and O–H groups in total. The SMILES string of the molecule is CCOC(C)OC(CBr)COc1ccc2cnn(C[C@H](C)O[Si](C)(C)C(C)(C)C)c2c1Br. The average Bonchev–Trinajstić information content (AvgIpc) is 3.08. The zero-order valence-electron chi connectivity index (χ0n) is 20.6. The summed E-state index contributed by atoms with van der Waals surface area (Å²) in [5, 5.41) is 6.50. The van der Waals surface area contributed by atoms with Gasteiger partial charge in [0.1, 0.15) is 18.5 Å². The van der Waals surface area contributed by atoms with Crippen molar-refractivity contribution in [3.8, 4) is 5.75 Å². The third-order valence-electron chi connectivity index (χ3n) is 5.82. The second-order valence-corrected chi connectivity index (χ2v) is 15.8. The van der Waals surface area contributed by atoms with Crippen LogP contribution in [0.4, 0.5) is 0 Å². The molecule has 3 atom stereocenters. The molecule has 1 heterocycles. The number of fused-ring (bicyclic) bond motifs is 1. The molecule has 182 valence electrons. The molecule has 0 bridgehead atoms. The summed E-state index contributed by atoms with van der Waals surface area (Å²) in [6.07, 6.45) is 1.54. The van der Waals surface area contributed by atoms with E-state index >= 15 is 0 Å². The van der Waals surface area contributed by atoms with Crippen molar-refractivity contribution < 1.29 is 18.6 Å². The van der Waals surface area contributed by atoms with E-state index in [-0.39, 0.29) is 23.5 Å². The molecule has 1 aromatic heterocycles. The van der Waals surface area contributed by atoms with Crippen LogP contribution in [0.25, 0.3) is 10.9 Å². The van der Waals surface area contributed by atoms with Crippen LogP contribution in [-0.4, -0.2) is 55.1 Å². The molecule has 6 nitrogen and oxygen atoms in total. The summed E-state index contributed by atoms with van der Waals surface area (Å²) in [4.78, 5) is 0. The number of benzene rings is 1. The van der Waals surface area contributed by atoms with E-state index < -0.39 is 8.32 Å². The van der Waals surface area contributed by atoms with E-state index in [1.54, 1.807) is 0 Å². The van der Waals surface area contributed by atoms with Gasteiger partial charge in [-0.3, -0.25) is 4.68 Å². The molecule has 2 aromatic rings. The van der Waals surface area contributed by atoms with Crippen molar-refractivity contribution in [2.75, 3.05) is 18.5 Å². The number of aromatic nitrogens is 2. The molecule has 0 aliphatic heterocycles. The highest BCUT2D eigenvalue weighted by Crippen LogP contribution is 2.38. The largest absolute Gasteiger partial charge is 0.490 e. The van der Waals surface area contributed by atoms with Gasteiger partial charge in [-0.25, -0.2) is 0 Å². The number of alkyl halides is 1. The minimum absolute atomic E-state index is 0.0571. The third kappa shape index (κ3) is 7.27. The van der Waals surface area contributed by atoms with Crippen LogP contribution in [0.2, 0.25) is 18.1 Å². The maximum Gasteiger partial charge on any atom is 0.192 e. The number of hydrogen-bond donors (Lipinski definition) is 0. The molecule has 0 aliphatic rings. The van der Waals surface area contributed by atoms with Crippen molar-refractivity contribution in [3.63, 3.8) is 0 Å². The van der Waals surface area contributed by atoms with Gasteiger partial charge in [0.25, 0.3) is 0 Å². The standard InChI is InChI=1S/C23H38Br2N2O4Si/c1-9-28-17(3)30-19(12-24)15-29-20-11-10-18-13-26-27(22(18)21(20)25)14-16(2)31-32(7,8)23(4,5)6/h10-11,13,16-17,19H,9,12,14-15H2,1-8H3/t16-,17?,19?/m0/s1. The Balaban J connectivity index is 2.14. The van der Waals surface area contributed by atoms with Crippen LogP contribution >= 0.6 is 31.9 Å². The number of nitrogens with zero attached hydrogens (tertiary/aromatic N) is 2. The molecule has 0 saturated carbocycles. The van der Waals surface area contributed by atoms with Gasteiger partial charge in [0, 0.05) is 17.3 Å². The van der Waals surface area contributed by atoms with Crippen LogP contribution in [0.15, 0.2) is 22.8 Å². The number of hydrogen-bond acceptors (Lipinski definition) is 5. The lowest BCUT2D eigenvalue weighted by atomic mass is 10.2. The van der Waals surface area contributed by atoms with Crippen LogP contribution in [-0.2, 0) is 20.4 Å². The summed E-state index contributed by atoms with van der Waals surface area (Å²) >= 11 is 7.25. The van der Waals surface area contributed by atoms with Crippen LogP contribution in [0.5, 0.6) is 5.75 Å². The molecule has 0 spiro atoms. The lowest BCUT2D eigenvalue weighted by Crippen LogP contribution is -2.44. The van der Waals surface area contributed by atoms with E-state index in [9.17, 15) is 0 Å². The van der Waals surface area contributed by atoms with Crippen molar-refractivity contribution in [1.82, 2.24) is 9.78 Å². The first kappa shape index (κ1) is 27.8. The Bertz CT molecular complexity index is 870. The molecule has 0 saturated heterocycles. The zero-order valence-corrected chi connectivity index (χ0v) is 24.7. The normalized spacial score (nSPS) is 15.7. The number of ether oxygens (including phenoxy) is 3. The maximum atomic E-state index is 6.54. The molecule has 32 heavy (non-hydrogen) atoms. The molecular formula is C23H38Br2N2O4Si. The molecular weight excluding hydrogens is 556 g/mol. The van der Waals surface area contributed by atoms with Crippen LogP contribution < -0.4 is 4.74 Å².